The van der Waals surface area contributed by atoms with Crippen LogP contribution in [0.5, 0.6) is 0 Å². The number of hydrogen-bond donors (Lipinski definition) is 2. The molecular formula is C13H23N3S. The Bertz CT molecular complexity index is 317. The predicted octanol–water partition coefficient (Wildman–Crippen LogP) is 2.85. The maximum atomic E-state index is 6.41. The van der Waals surface area contributed by atoms with Crippen LogP contribution in [-0.2, 0) is 0 Å². The quantitative estimate of drug-likeness (QED) is 0.848. The van der Waals surface area contributed by atoms with Crippen LogP contribution in [0.2, 0.25) is 0 Å². The molecule has 0 aliphatic heterocycles. The third-order valence-electron chi connectivity index (χ3n) is 3.74. The van der Waals surface area contributed by atoms with Gasteiger partial charge in [0.15, 0.2) is 0 Å². The normalized spacial score (nSPS) is 21.3. The van der Waals surface area contributed by atoms with Gasteiger partial charge in [0, 0.05) is 17.1 Å². The third-order valence-corrected chi connectivity index (χ3v) is 4.70. The lowest BCUT2D eigenvalue weighted by atomic mass is 9.80. The highest BCUT2D eigenvalue weighted by atomic mass is 32.1. The number of hydrogen-bond acceptors (Lipinski definition) is 4. The molecule has 1 fully saturated rings. The second-order valence-corrected chi connectivity index (χ2v) is 6.15. The van der Waals surface area contributed by atoms with Crippen LogP contribution in [0.15, 0.2) is 11.6 Å². The van der Waals surface area contributed by atoms with Crippen LogP contribution in [0.4, 0.5) is 0 Å². The van der Waals surface area contributed by atoms with Gasteiger partial charge in [0.05, 0.1) is 6.04 Å². The Kier molecular flexibility index (Phi) is 4.54. The predicted molar refractivity (Wildman–Crippen MR) is 73.2 cm³/mol. The van der Waals surface area contributed by atoms with Crippen LogP contribution in [0.25, 0.3) is 0 Å². The minimum Gasteiger partial charge on any atom is -0.325 e. The Hall–Kier alpha value is -0.450. The first-order valence-corrected chi connectivity index (χ1v) is 7.49. The molecule has 2 rings (SSSR count). The van der Waals surface area contributed by atoms with Crippen molar-refractivity contribution in [2.75, 3.05) is 6.54 Å². The number of nitrogens with two attached hydrogens (primary N) is 1. The molecule has 0 aromatic carbocycles. The van der Waals surface area contributed by atoms with Crippen molar-refractivity contribution in [3.05, 3.63) is 16.6 Å². The molecule has 17 heavy (non-hydrogen) atoms. The summed E-state index contributed by atoms with van der Waals surface area (Å²) >= 11 is 1.71. The first kappa shape index (κ1) is 13.0. The molecule has 1 aromatic heterocycles. The molecule has 4 heteroatoms. The van der Waals surface area contributed by atoms with Gasteiger partial charge in [-0.15, -0.1) is 11.3 Å². The number of aromatic nitrogens is 1. The maximum absolute atomic E-state index is 6.41. The smallest absolute Gasteiger partial charge is 0.109 e. The highest BCUT2D eigenvalue weighted by Gasteiger charge is 2.26. The monoisotopic (exact) mass is 253 g/mol. The third kappa shape index (κ3) is 3.76. The Morgan fingerprint density at radius 3 is 2.88 bits per heavy atom. The van der Waals surface area contributed by atoms with Crippen molar-refractivity contribution in [1.82, 2.24) is 10.3 Å². The van der Waals surface area contributed by atoms with E-state index < -0.39 is 0 Å². The molecule has 1 heterocycles. The molecule has 1 aliphatic rings. The highest BCUT2D eigenvalue weighted by molar-refractivity contribution is 7.09. The molecule has 0 saturated heterocycles. The van der Waals surface area contributed by atoms with Crippen LogP contribution in [0, 0.1) is 0 Å². The Morgan fingerprint density at radius 2 is 2.24 bits per heavy atom. The van der Waals surface area contributed by atoms with Gasteiger partial charge < -0.3 is 11.1 Å². The summed E-state index contributed by atoms with van der Waals surface area (Å²) in [6.07, 6.45) is 9.31. The van der Waals surface area contributed by atoms with Crippen molar-refractivity contribution in [3.8, 4) is 0 Å². The molecule has 0 amide bonds. The lowest BCUT2D eigenvalue weighted by Crippen LogP contribution is -2.44. The van der Waals surface area contributed by atoms with Crippen LogP contribution in [0.3, 0.4) is 0 Å². The fraction of sp³-hybridized carbons (Fsp3) is 0.769. The number of thiazole rings is 1. The number of nitrogens with one attached hydrogen (secondary N) is 1. The van der Waals surface area contributed by atoms with E-state index in [-0.39, 0.29) is 5.54 Å². The van der Waals surface area contributed by atoms with Crippen molar-refractivity contribution >= 4 is 11.3 Å². The van der Waals surface area contributed by atoms with E-state index in [1.807, 2.05) is 11.6 Å². The van der Waals surface area contributed by atoms with Gasteiger partial charge in [-0.25, -0.2) is 4.98 Å². The largest absolute Gasteiger partial charge is 0.325 e. The van der Waals surface area contributed by atoms with E-state index in [2.05, 4.69) is 17.2 Å². The first-order valence-electron chi connectivity index (χ1n) is 6.61. The Morgan fingerprint density at radius 1 is 1.47 bits per heavy atom. The summed E-state index contributed by atoms with van der Waals surface area (Å²) in [5, 5.41) is 6.72. The molecule has 1 aromatic rings. The number of nitrogens with zero attached hydrogens (tertiary/aromatic N) is 1. The molecule has 0 radical (unpaired) electrons. The zero-order valence-electron chi connectivity index (χ0n) is 10.6. The fourth-order valence-corrected chi connectivity index (χ4v) is 3.25. The van der Waals surface area contributed by atoms with E-state index in [1.165, 1.54) is 37.1 Å². The SMILES string of the molecule is CC(NCCC1(N)CCCCC1)c1nccs1. The Balaban J connectivity index is 1.72. The van der Waals surface area contributed by atoms with Crippen molar-refractivity contribution < 1.29 is 0 Å². The molecule has 0 spiro atoms. The second kappa shape index (κ2) is 5.94. The van der Waals surface area contributed by atoms with Gasteiger partial charge in [-0.2, -0.15) is 0 Å². The summed E-state index contributed by atoms with van der Waals surface area (Å²) in [5.74, 6) is 0. The van der Waals surface area contributed by atoms with Crippen molar-refractivity contribution in [3.63, 3.8) is 0 Å². The average molecular weight is 253 g/mol. The molecule has 1 aliphatic carbocycles. The Labute approximate surface area is 108 Å². The van der Waals surface area contributed by atoms with E-state index in [1.54, 1.807) is 11.3 Å². The standard InChI is InChI=1S/C13H23N3S/c1-11(12-16-9-10-17-12)15-8-7-13(14)5-3-2-4-6-13/h9-11,15H,2-8,14H2,1H3. The molecule has 3 nitrogen and oxygen atoms in total. The second-order valence-electron chi connectivity index (χ2n) is 5.22. The summed E-state index contributed by atoms with van der Waals surface area (Å²) in [6.45, 7) is 3.17. The van der Waals surface area contributed by atoms with Gasteiger partial charge in [-0.1, -0.05) is 19.3 Å². The fourth-order valence-electron chi connectivity index (χ4n) is 2.58. The summed E-state index contributed by atoms with van der Waals surface area (Å²) < 4.78 is 0. The summed E-state index contributed by atoms with van der Waals surface area (Å²) in [6, 6.07) is 0.349. The van der Waals surface area contributed by atoms with E-state index in [4.69, 9.17) is 5.73 Å². The van der Waals surface area contributed by atoms with Crippen LogP contribution >= 0.6 is 11.3 Å². The maximum Gasteiger partial charge on any atom is 0.109 e. The van der Waals surface area contributed by atoms with Gasteiger partial charge in [0.1, 0.15) is 5.01 Å². The highest BCUT2D eigenvalue weighted by Crippen LogP contribution is 2.28. The molecule has 1 saturated carbocycles. The first-order chi connectivity index (χ1) is 8.20. The molecule has 0 bridgehead atoms. The lowest BCUT2D eigenvalue weighted by Gasteiger charge is -2.33. The molecule has 96 valence electrons. The van der Waals surface area contributed by atoms with Gasteiger partial charge >= 0.3 is 0 Å². The summed E-state index contributed by atoms with van der Waals surface area (Å²) in [4.78, 5) is 4.32. The van der Waals surface area contributed by atoms with Gasteiger partial charge in [0.25, 0.3) is 0 Å². The van der Waals surface area contributed by atoms with E-state index in [9.17, 15) is 0 Å². The van der Waals surface area contributed by atoms with Crippen molar-refractivity contribution in [2.45, 2.75) is 57.0 Å². The van der Waals surface area contributed by atoms with Gasteiger partial charge in [-0.05, 0) is 32.7 Å². The zero-order chi connectivity index (χ0) is 12.1. The van der Waals surface area contributed by atoms with Crippen molar-refractivity contribution in [1.29, 1.82) is 0 Å². The lowest BCUT2D eigenvalue weighted by molar-refractivity contribution is 0.272. The van der Waals surface area contributed by atoms with Gasteiger partial charge in [-0.3, -0.25) is 0 Å². The minimum absolute atomic E-state index is 0.0911. The molecule has 1 unspecified atom stereocenters. The molecule has 1 atom stereocenters. The molecular weight excluding hydrogens is 230 g/mol. The average Bonchev–Trinajstić information content (AvgIpc) is 2.83. The van der Waals surface area contributed by atoms with Crippen molar-refractivity contribution in [2.24, 2.45) is 5.73 Å². The van der Waals surface area contributed by atoms with Crippen LogP contribution < -0.4 is 11.1 Å². The molecule has 3 N–H and O–H groups in total. The minimum atomic E-state index is 0.0911. The number of rotatable bonds is 5. The summed E-state index contributed by atoms with van der Waals surface area (Å²) in [5.41, 5.74) is 6.50. The zero-order valence-corrected chi connectivity index (χ0v) is 11.4. The van der Waals surface area contributed by atoms with E-state index >= 15 is 0 Å². The van der Waals surface area contributed by atoms with E-state index in [0.29, 0.717) is 6.04 Å². The van der Waals surface area contributed by atoms with Gasteiger partial charge in [0.2, 0.25) is 0 Å². The topological polar surface area (TPSA) is 50.9 Å². The van der Waals surface area contributed by atoms with E-state index in [0.717, 1.165) is 13.0 Å². The van der Waals surface area contributed by atoms with Crippen LogP contribution in [-0.4, -0.2) is 17.1 Å². The van der Waals surface area contributed by atoms with Crippen LogP contribution in [0.1, 0.15) is 56.5 Å². The summed E-state index contributed by atoms with van der Waals surface area (Å²) in [7, 11) is 0.